The van der Waals surface area contributed by atoms with Crippen molar-refractivity contribution >= 4 is 23.2 Å². The average molecular weight is 305 g/mol. The Hall–Kier alpha value is -0.320. The Morgan fingerprint density at radius 2 is 1.79 bits per heavy atom. The topological polar surface area (TPSA) is 49.7 Å². The minimum absolute atomic E-state index is 0.0533. The highest BCUT2D eigenvalue weighted by atomic mass is 35.5. The van der Waals surface area contributed by atoms with E-state index in [1.807, 2.05) is 0 Å². The van der Waals surface area contributed by atoms with Gasteiger partial charge in [0.05, 0.1) is 6.10 Å². The van der Waals surface area contributed by atoms with Crippen LogP contribution in [0.3, 0.4) is 0 Å². The van der Waals surface area contributed by atoms with Crippen LogP contribution in [0.25, 0.3) is 0 Å². The van der Waals surface area contributed by atoms with Gasteiger partial charge in [0.1, 0.15) is 0 Å². The molecule has 2 N–H and O–H groups in total. The van der Waals surface area contributed by atoms with Crippen molar-refractivity contribution in [1.29, 1.82) is 0 Å². The summed E-state index contributed by atoms with van der Waals surface area (Å²) >= 11 is 12.3. The minimum atomic E-state index is -1.12. The zero-order chi connectivity index (χ0) is 13.9. The van der Waals surface area contributed by atoms with Gasteiger partial charge in [0.25, 0.3) is 0 Å². The van der Waals surface area contributed by atoms with Crippen LogP contribution in [-0.2, 0) is 4.74 Å². The molecule has 2 rings (SSSR count). The molecule has 0 spiro atoms. The molecule has 3 nitrogen and oxygen atoms in total. The highest BCUT2D eigenvalue weighted by Gasteiger charge is 2.36. The van der Waals surface area contributed by atoms with E-state index in [-0.39, 0.29) is 6.61 Å². The van der Waals surface area contributed by atoms with Gasteiger partial charge < -0.3 is 14.9 Å². The lowest BCUT2D eigenvalue weighted by molar-refractivity contribution is -0.229. The van der Waals surface area contributed by atoms with E-state index in [9.17, 15) is 10.2 Å². The number of ether oxygens (including phenoxy) is 1. The van der Waals surface area contributed by atoms with E-state index < -0.39 is 11.9 Å². The smallest absolute Gasteiger partial charge is 0.166 e. The third kappa shape index (κ3) is 3.61. The van der Waals surface area contributed by atoms with Crippen LogP contribution >= 0.6 is 23.2 Å². The zero-order valence-electron chi connectivity index (χ0n) is 10.6. The highest BCUT2D eigenvalue weighted by molar-refractivity contribution is 6.36. The fraction of sp³-hybridized carbons (Fsp3) is 0.571. The van der Waals surface area contributed by atoms with Gasteiger partial charge in [-0.15, -0.1) is 0 Å². The summed E-state index contributed by atoms with van der Waals surface area (Å²) in [5.74, 6) is -1.12. The van der Waals surface area contributed by atoms with E-state index in [0.29, 0.717) is 34.9 Å². The monoisotopic (exact) mass is 304 g/mol. The summed E-state index contributed by atoms with van der Waals surface area (Å²) in [6, 6.07) is 5.22. The Labute approximate surface area is 123 Å². The standard InChI is InChI=1S/C14H18Cl2O3/c15-10-4-3-5-11(16)13(10)12(6-9-17)19-14(18)7-1-2-8-14/h3-5,12,17-18H,1-2,6-9H2/t12-/m1/s1. The van der Waals surface area contributed by atoms with Gasteiger partial charge >= 0.3 is 0 Å². The normalized spacial score (nSPS) is 19.6. The van der Waals surface area contributed by atoms with E-state index in [2.05, 4.69) is 0 Å². The summed E-state index contributed by atoms with van der Waals surface area (Å²) in [6.45, 7) is -0.0533. The average Bonchev–Trinajstić information content (AvgIpc) is 2.76. The maximum atomic E-state index is 10.3. The first-order valence-corrected chi connectivity index (χ1v) is 7.26. The maximum absolute atomic E-state index is 10.3. The Balaban J connectivity index is 2.24. The van der Waals surface area contributed by atoms with E-state index in [1.165, 1.54) is 0 Å². The van der Waals surface area contributed by atoms with Crippen LogP contribution in [0.2, 0.25) is 10.0 Å². The van der Waals surface area contributed by atoms with Gasteiger partial charge in [-0.1, -0.05) is 29.3 Å². The van der Waals surface area contributed by atoms with Crippen molar-refractivity contribution in [3.8, 4) is 0 Å². The van der Waals surface area contributed by atoms with Crippen LogP contribution < -0.4 is 0 Å². The number of halogens is 2. The van der Waals surface area contributed by atoms with Crippen molar-refractivity contribution in [2.75, 3.05) is 6.61 Å². The lowest BCUT2D eigenvalue weighted by atomic mass is 10.1. The molecule has 1 saturated carbocycles. The highest BCUT2D eigenvalue weighted by Crippen LogP contribution is 2.40. The molecule has 0 unspecified atom stereocenters. The Morgan fingerprint density at radius 3 is 2.32 bits per heavy atom. The van der Waals surface area contributed by atoms with Gasteiger partial charge in [-0.25, -0.2) is 0 Å². The summed E-state index contributed by atoms with van der Waals surface area (Å²) < 4.78 is 5.81. The van der Waals surface area contributed by atoms with Gasteiger partial charge in [-0.2, -0.15) is 0 Å². The molecule has 1 fully saturated rings. The van der Waals surface area contributed by atoms with Gasteiger partial charge in [-0.05, 0) is 25.0 Å². The predicted molar refractivity (Wildman–Crippen MR) is 75.4 cm³/mol. The number of hydrogen-bond donors (Lipinski definition) is 2. The lowest BCUT2D eigenvalue weighted by Crippen LogP contribution is -2.31. The van der Waals surface area contributed by atoms with Crippen LogP contribution in [0.15, 0.2) is 18.2 Å². The molecule has 1 aliphatic rings. The summed E-state index contributed by atoms with van der Waals surface area (Å²) in [5, 5.41) is 20.5. The quantitative estimate of drug-likeness (QED) is 0.816. The second kappa shape index (κ2) is 6.42. The van der Waals surface area contributed by atoms with E-state index in [4.69, 9.17) is 27.9 Å². The number of rotatable bonds is 5. The van der Waals surface area contributed by atoms with Crippen molar-refractivity contribution in [2.24, 2.45) is 0 Å². The van der Waals surface area contributed by atoms with Gasteiger partial charge in [-0.3, -0.25) is 0 Å². The first-order valence-electron chi connectivity index (χ1n) is 6.51. The second-order valence-corrected chi connectivity index (χ2v) is 5.72. The molecule has 0 heterocycles. The van der Waals surface area contributed by atoms with Crippen LogP contribution in [-0.4, -0.2) is 22.6 Å². The predicted octanol–water partition coefficient (Wildman–Crippen LogP) is 3.70. The van der Waals surface area contributed by atoms with Gasteiger partial charge in [0.15, 0.2) is 5.79 Å². The molecular weight excluding hydrogens is 287 g/mol. The number of aliphatic hydroxyl groups is 2. The van der Waals surface area contributed by atoms with E-state index in [0.717, 1.165) is 12.8 Å². The van der Waals surface area contributed by atoms with Crippen molar-refractivity contribution < 1.29 is 14.9 Å². The fourth-order valence-corrected chi connectivity index (χ4v) is 3.15. The molecule has 106 valence electrons. The van der Waals surface area contributed by atoms with Crippen molar-refractivity contribution in [1.82, 2.24) is 0 Å². The molecule has 0 bridgehead atoms. The molecular formula is C14H18Cl2O3. The molecule has 1 aliphatic carbocycles. The fourth-order valence-electron chi connectivity index (χ4n) is 2.51. The van der Waals surface area contributed by atoms with Crippen LogP contribution in [0.4, 0.5) is 0 Å². The van der Waals surface area contributed by atoms with Crippen molar-refractivity contribution in [3.63, 3.8) is 0 Å². The first kappa shape index (κ1) is 15.1. The van der Waals surface area contributed by atoms with Gasteiger partial charge in [0.2, 0.25) is 0 Å². The number of aliphatic hydroxyl groups excluding tert-OH is 1. The Bertz CT molecular complexity index is 410. The SMILES string of the molecule is OCC[C@@H](OC1(O)CCCC1)c1c(Cl)cccc1Cl. The summed E-state index contributed by atoms with van der Waals surface area (Å²) in [5.41, 5.74) is 0.639. The van der Waals surface area contributed by atoms with Crippen LogP contribution in [0.1, 0.15) is 43.8 Å². The molecule has 1 aromatic rings. The maximum Gasteiger partial charge on any atom is 0.166 e. The summed E-state index contributed by atoms with van der Waals surface area (Å²) in [6.07, 6.45) is 2.96. The third-order valence-corrected chi connectivity index (χ3v) is 4.12. The molecule has 1 aromatic carbocycles. The third-order valence-electron chi connectivity index (χ3n) is 3.46. The van der Waals surface area contributed by atoms with E-state index in [1.54, 1.807) is 18.2 Å². The first-order chi connectivity index (χ1) is 9.06. The summed E-state index contributed by atoms with van der Waals surface area (Å²) in [4.78, 5) is 0. The van der Waals surface area contributed by atoms with Crippen LogP contribution in [0.5, 0.6) is 0 Å². The molecule has 0 aliphatic heterocycles. The largest absolute Gasteiger partial charge is 0.396 e. The Kier molecular flexibility index (Phi) is 5.09. The summed E-state index contributed by atoms with van der Waals surface area (Å²) in [7, 11) is 0. The number of hydrogen-bond acceptors (Lipinski definition) is 3. The lowest BCUT2D eigenvalue weighted by Gasteiger charge is -2.30. The minimum Gasteiger partial charge on any atom is -0.396 e. The molecule has 1 atom stereocenters. The second-order valence-electron chi connectivity index (χ2n) is 4.91. The zero-order valence-corrected chi connectivity index (χ0v) is 12.1. The Morgan fingerprint density at radius 1 is 1.21 bits per heavy atom. The molecule has 0 amide bonds. The van der Waals surface area contributed by atoms with Crippen molar-refractivity contribution in [3.05, 3.63) is 33.8 Å². The van der Waals surface area contributed by atoms with Crippen LogP contribution in [0, 0.1) is 0 Å². The number of benzene rings is 1. The molecule has 0 radical (unpaired) electrons. The van der Waals surface area contributed by atoms with E-state index >= 15 is 0 Å². The van der Waals surface area contributed by atoms with Crippen molar-refractivity contribution in [2.45, 2.75) is 44.0 Å². The molecule has 5 heteroatoms. The molecule has 0 saturated heterocycles. The molecule has 19 heavy (non-hydrogen) atoms. The van der Waals surface area contributed by atoms with Gasteiger partial charge in [0, 0.05) is 41.5 Å². The molecule has 0 aromatic heterocycles.